The van der Waals surface area contributed by atoms with Crippen LogP contribution in [0.25, 0.3) is 0 Å². The molecule has 1 fully saturated rings. The summed E-state index contributed by atoms with van der Waals surface area (Å²) in [5.41, 5.74) is 4.88. The van der Waals surface area contributed by atoms with Gasteiger partial charge < -0.3 is 10.6 Å². The summed E-state index contributed by atoms with van der Waals surface area (Å²) in [4.78, 5) is 1.67. The van der Waals surface area contributed by atoms with Crippen molar-refractivity contribution in [1.29, 1.82) is 0 Å². The topological polar surface area (TPSA) is 29.3 Å². The number of nitrogens with two attached hydrogens (primary N) is 1. The summed E-state index contributed by atoms with van der Waals surface area (Å²) < 4.78 is 50.6. The average Bonchev–Trinajstić information content (AvgIpc) is 2.63. The van der Waals surface area contributed by atoms with Crippen molar-refractivity contribution in [1.82, 2.24) is 0 Å². The maximum atomic E-state index is 13.6. The monoisotopic (exact) mass is 284 g/mol. The Morgan fingerprint density at radius 3 is 2.39 bits per heavy atom. The standard InChI is InChI=1S/C11H12F4N2.ClH/c12-9-5-7(11(13,14)15)1-2-10(9)17-4-3-8(16)6-17;/h1-2,5,8H,3-4,6,16H2;1H. The molecule has 1 heterocycles. The minimum absolute atomic E-state index is 0. The molecule has 2 N–H and O–H groups in total. The fourth-order valence-corrected chi connectivity index (χ4v) is 1.95. The van der Waals surface area contributed by atoms with E-state index in [1.165, 1.54) is 0 Å². The average molecular weight is 285 g/mol. The van der Waals surface area contributed by atoms with Crippen LogP contribution in [0.4, 0.5) is 23.2 Å². The Kier molecular flexibility index (Phi) is 4.45. The first-order chi connectivity index (χ1) is 7.88. The van der Waals surface area contributed by atoms with Crippen LogP contribution in [0.2, 0.25) is 0 Å². The summed E-state index contributed by atoms with van der Waals surface area (Å²) >= 11 is 0. The lowest BCUT2D eigenvalue weighted by molar-refractivity contribution is -0.137. The minimum Gasteiger partial charge on any atom is -0.368 e. The van der Waals surface area contributed by atoms with Gasteiger partial charge in [0.05, 0.1) is 11.3 Å². The normalized spacial score (nSPS) is 19.8. The van der Waals surface area contributed by atoms with Gasteiger partial charge in [-0.05, 0) is 24.6 Å². The fourth-order valence-electron chi connectivity index (χ4n) is 1.95. The third-order valence-corrected chi connectivity index (χ3v) is 2.84. The Balaban J connectivity index is 0.00000162. The van der Waals surface area contributed by atoms with Crippen LogP contribution in [0.1, 0.15) is 12.0 Å². The summed E-state index contributed by atoms with van der Waals surface area (Å²) in [7, 11) is 0. The first-order valence-electron chi connectivity index (χ1n) is 5.25. The van der Waals surface area contributed by atoms with Crippen molar-refractivity contribution in [3.8, 4) is 0 Å². The molecule has 0 radical (unpaired) electrons. The second-order valence-electron chi connectivity index (χ2n) is 4.16. The summed E-state index contributed by atoms with van der Waals surface area (Å²) in [5, 5.41) is 0. The maximum absolute atomic E-state index is 13.6. The molecule has 0 saturated carbocycles. The molecular formula is C11H13ClF4N2. The van der Waals surface area contributed by atoms with Crippen molar-refractivity contribution < 1.29 is 17.6 Å². The van der Waals surface area contributed by atoms with Crippen molar-refractivity contribution in [2.24, 2.45) is 5.73 Å². The van der Waals surface area contributed by atoms with Gasteiger partial charge >= 0.3 is 6.18 Å². The summed E-state index contributed by atoms with van der Waals surface area (Å²) in [6.45, 7) is 1.05. The van der Waals surface area contributed by atoms with Gasteiger partial charge in [0.1, 0.15) is 5.82 Å². The van der Waals surface area contributed by atoms with Gasteiger partial charge in [0, 0.05) is 19.1 Å². The molecule has 0 aliphatic carbocycles. The van der Waals surface area contributed by atoms with E-state index >= 15 is 0 Å². The Morgan fingerprint density at radius 2 is 1.94 bits per heavy atom. The lowest BCUT2D eigenvalue weighted by Crippen LogP contribution is -2.27. The van der Waals surface area contributed by atoms with Crippen molar-refractivity contribution in [2.75, 3.05) is 18.0 Å². The molecule has 1 aliphatic heterocycles. The highest BCUT2D eigenvalue weighted by atomic mass is 35.5. The first-order valence-corrected chi connectivity index (χ1v) is 5.25. The van der Waals surface area contributed by atoms with Crippen LogP contribution in [0, 0.1) is 5.82 Å². The Hall–Kier alpha value is -1.01. The molecule has 1 aliphatic rings. The van der Waals surface area contributed by atoms with Crippen LogP contribution in [0.3, 0.4) is 0 Å². The first kappa shape index (κ1) is 15.0. The largest absolute Gasteiger partial charge is 0.416 e. The van der Waals surface area contributed by atoms with Crippen LogP contribution in [-0.4, -0.2) is 19.1 Å². The Labute approximate surface area is 108 Å². The molecule has 1 saturated heterocycles. The van der Waals surface area contributed by atoms with E-state index in [4.69, 9.17) is 5.73 Å². The third kappa shape index (κ3) is 3.05. The van der Waals surface area contributed by atoms with E-state index in [9.17, 15) is 17.6 Å². The molecule has 1 atom stereocenters. The predicted octanol–water partition coefficient (Wildman–Crippen LogP) is 2.80. The molecule has 0 spiro atoms. The SMILES string of the molecule is Cl.NC1CCN(c2ccc(C(F)(F)F)cc2F)C1. The molecule has 7 heteroatoms. The van der Waals surface area contributed by atoms with Gasteiger partial charge in [-0.2, -0.15) is 13.2 Å². The molecule has 1 aromatic carbocycles. The predicted molar refractivity (Wildman–Crippen MR) is 63.5 cm³/mol. The van der Waals surface area contributed by atoms with Gasteiger partial charge in [-0.15, -0.1) is 12.4 Å². The molecule has 102 valence electrons. The van der Waals surface area contributed by atoms with Crippen molar-refractivity contribution in [3.63, 3.8) is 0 Å². The molecule has 0 amide bonds. The number of alkyl halides is 3. The lowest BCUT2D eigenvalue weighted by atomic mass is 10.2. The van der Waals surface area contributed by atoms with E-state index in [2.05, 4.69) is 0 Å². The summed E-state index contributed by atoms with van der Waals surface area (Å²) in [5.74, 6) is -0.853. The zero-order valence-corrected chi connectivity index (χ0v) is 10.2. The van der Waals surface area contributed by atoms with E-state index in [1.807, 2.05) is 0 Å². The zero-order valence-electron chi connectivity index (χ0n) is 9.38. The van der Waals surface area contributed by atoms with Crippen molar-refractivity contribution in [3.05, 3.63) is 29.6 Å². The maximum Gasteiger partial charge on any atom is 0.416 e. The zero-order chi connectivity index (χ0) is 12.6. The molecule has 0 aromatic heterocycles. The molecular weight excluding hydrogens is 272 g/mol. The molecule has 0 bridgehead atoms. The highest BCUT2D eigenvalue weighted by Crippen LogP contribution is 2.32. The number of hydrogen-bond donors (Lipinski definition) is 1. The Bertz CT molecular complexity index is 422. The van der Waals surface area contributed by atoms with Crippen LogP contribution in [0.5, 0.6) is 0 Å². The molecule has 2 nitrogen and oxygen atoms in total. The van der Waals surface area contributed by atoms with Gasteiger partial charge in [0.2, 0.25) is 0 Å². The van der Waals surface area contributed by atoms with Crippen LogP contribution < -0.4 is 10.6 Å². The number of nitrogens with zero attached hydrogens (tertiary/aromatic N) is 1. The van der Waals surface area contributed by atoms with E-state index in [0.29, 0.717) is 19.2 Å². The van der Waals surface area contributed by atoms with Gasteiger partial charge in [0.25, 0.3) is 0 Å². The summed E-state index contributed by atoms with van der Waals surface area (Å²) in [6, 6.07) is 2.54. The van der Waals surface area contributed by atoms with Crippen molar-refractivity contribution >= 4 is 18.1 Å². The highest BCUT2D eigenvalue weighted by molar-refractivity contribution is 5.85. The van der Waals surface area contributed by atoms with Crippen LogP contribution in [0.15, 0.2) is 18.2 Å². The van der Waals surface area contributed by atoms with Crippen LogP contribution >= 0.6 is 12.4 Å². The van der Waals surface area contributed by atoms with E-state index in [1.54, 1.807) is 4.90 Å². The van der Waals surface area contributed by atoms with Crippen LogP contribution in [-0.2, 0) is 6.18 Å². The third-order valence-electron chi connectivity index (χ3n) is 2.84. The minimum atomic E-state index is -4.51. The van der Waals surface area contributed by atoms with Gasteiger partial charge in [-0.3, -0.25) is 0 Å². The second-order valence-corrected chi connectivity index (χ2v) is 4.16. The number of hydrogen-bond acceptors (Lipinski definition) is 2. The number of anilines is 1. The lowest BCUT2D eigenvalue weighted by Gasteiger charge is -2.19. The smallest absolute Gasteiger partial charge is 0.368 e. The fraction of sp³-hybridized carbons (Fsp3) is 0.455. The molecule has 1 aromatic rings. The Morgan fingerprint density at radius 1 is 1.28 bits per heavy atom. The number of halogens is 5. The van der Waals surface area contributed by atoms with Crippen molar-refractivity contribution in [2.45, 2.75) is 18.6 Å². The second kappa shape index (κ2) is 5.32. The summed E-state index contributed by atoms with van der Waals surface area (Å²) in [6.07, 6.45) is -3.79. The molecule has 1 unspecified atom stereocenters. The van der Waals surface area contributed by atoms with Gasteiger partial charge in [-0.25, -0.2) is 4.39 Å². The number of benzene rings is 1. The quantitative estimate of drug-likeness (QED) is 0.804. The number of rotatable bonds is 1. The van der Waals surface area contributed by atoms with E-state index in [0.717, 1.165) is 18.6 Å². The van der Waals surface area contributed by atoms with E-state index in [-0.39, 0.29) is 24.1 Å². The molecule has 18 heavy (non-hydrogen) atoms. The highest BCUT2D eigenvalue weighted by Gasteiger charge is 2.32. The van der Waals surface area contributed by atoms with E-state index < -0.39 is 17.6 Å². The van der Waals surface area contributed by atoms with Gasteiger partial charge in [-0.1, -0.05) is 0 Å². The molecule has 2 rings (SSSR count). The van der Waals surface area contributed by atoms with Gasteiger partial charge in [0.15, 0.2) is 0 Å².